The lowest BCUT2D eigenvalue weighted by atomic mass is 9.82. The van der Waals surface area contributed by atoms with E-state index < -0.39 is 11.6 Å². The predicted molar refractivity (Wildman–Crippen MR) is 159 cm³/mol. The number of aliphatic hydroxyl groups excluding tert-OH is 1. The maximum atomic E-state index is 14.3. The number of carbonyl (C=O) groups excluding carboxylic acids is 1. The lowest BCUT2D eigenvalue weighted by Gasteiger charge is -2.31. The Morgan fingerprint density at radius 3 is 2.39 bits per heavy atom. The van der Waals surface area contributed by atoms with Gasteiger partial charge in [0.2, 0.25) is 5.90 Å². The molecule has 0 aliphatic carbocycles. The number of aliphatic hydroxyl groups is 1. The van der Waals surface area contributed by atoms with E-state index in [9.17, 15) is 9.18 Å². The van der Waals surface area contributed by atoms with Crippen molar-refractivity contribution < 1.29 is 23.8 Å². The van der Waals surface area contributed by atoms with Gasteiger partial charge in [-0.3, -0.25) is 4.79 Å². The summed E-state index contributed by atoms with van der Waals surface area (Å²) in [6.45, 7) is 0.683. The highest BCUT2D eigenvalue weighted by molar-refractivity contribution is 9.10. The summed E-state index contributed by atoms with van der Waals surface area (Å²) in [7, 11) is 0. The minimum Gasteiger partial charge on any atom is -0.494 e. The van der Waals surface area contributed by atoms with E-state index in [-0.39, 0.29) is 31.3 Å². The summed E-state index contributed by atoms with van der Waals surface area (Å²) in [5, 5.41) is 12.1. The van der Waals surface area contributed by atoms with Crippen LogP contribution in [0.5, 0.6) is 5.75 Å². The molecule has 4 aromatic carbocycles. The number of halogens is 2. The molecule has 1 amide bonds. The number of ether oxygens (including phenoxy) is 2. The lowest BCUT2D eigenvalue weighted by Crippen LogP contribution is -2.49. The fourth-order valence-electron chi connectivity index (χ4n) is 4.78. The van der Waals surface area contributed by atoms with Crippen molar-refractivity contribution in [3.05, 3.63) is 136 Å². The molecule has 0 bridgehead atoms. The normalized spacial score (nSPS) is 17.9. The van der Waals surface area contributed by atoms with E-state index >= 15 is 0 Å². The largest absolute Gasteiger partial charge is 0.494 e. The number of benzene rings is 4. The van der Waals surface area contributed by atoms with Gasteiger partial charge in [-0.15, -0.1) is 0 Å². The number of hydrogen-bond acceptors (Lipinski definition) is 5. The molecule has 2 N–H and O–H groups in total. The van der Waals surface area contributed by atoms with Gasteiger partial charge < -0.3 is 19.9 Å². The first kappa shape index (κ1) is 28.5. The first-order valence-electron chi connectivity index (χ1n) is 13.4. The van der Waals surface area contributed by atoms with Crippen LogP contribution in [0.15, 0.2) is 113 Å². The van der Waals surface area contributed by atoms with Crippen LogP contribution in [0.2, 0.25) is 0 Å². The van der Waals surface area contributed by atoms with E-state index in [4.69, 9.17) is 19.6 Å². The SMILES string of the molecule is O=C(NCc1ccc(F)cc1)[C@]1(Cc2ccccc2Br)N=C(c2ccc(OCCCO)cc2)O[C@@H]1c1ccccc1. The Bertz CT molecular complexity index is 1500. The monoisotopic (exact) mass is 616 g/mol. The molecule has 5 rings (SSSR count). The maximum absolute atomic E-state index is 14.3. The van der Waals surface area contributed by atoms with Crippen molar-refractivity contribution in [2.45, 2.75) is 31.0 Å². The van der Waals surface area contributed by atoms with Gasteiger partial charge in [0, 0.05) is 36.0 Å². The van der Waals surface area contributed by atoms with Crippen molar-refractivity contribution in [1.82, 2.24) is 5.32 Å². The predicted octanol–water partition coefficient (Wildman–Crippen LogP) is 6.17. The van der Waals surface area contributed by atoms with Gasteiger partial charge in [0.25, 0.3) is 5.91 Å². The van der Waals surface area contributed by atoms with E-state index in [1.54, 1.807) is 12.1 Å². The highest BCUT2D eigenvalue weighted by Crippen LogP contribution is 2.43. The third kappa shape index (κ3) is 6.66. The fourth-order valence-corrected chi connectivity index (χ4v) is 5.20. The molecule has 0 saturated heterocycles. The van der Waals surface area contributed by atoms with Crippen molar-refractivity contribution >= 4 is 27.7 Å². The van der Waals surface area contributed by atoms with Gasteiger partial charge in [0.05, 0.1) is 6.61 Å². The average Bonchev–Trinajstić information content (AvgIpc) is 3.39. The molecule has 8 heteroatoms. The zero-order valence-corrected chi connectivity index (χ0v) is 23.9. The molecule has 0 spiro atoms. The van der Waals surface area contributed by atoms with Gasteiger partial charge in [-0.1, -0.05) is 76.6 Å². The third-order valence-corrected chi connectivity index (χ3v) is 7.69. The van der Waals surface area contributed by atoms with E-state index in [2.05, 4.69) is 21.2 Å². The Hall–Kier alpha value is -4.01. The van der Waals surface area contributed by atoms with E-state index in [1.807, 2.05) is 78.9 Å². The van der Waals surface area contributed by atoms with Crippen molar-refractivity contribution in [3.63, 3.8) is 0 Å². The van der Waals surface area contributed by atoms with Gasteiger partial charge >= 0.3 is 0 Å². The first-order valence-corrected chi connectivity index (χ1v) is 14.2. The molecule has 1 aliphatic rings. The molecule has 1 heterocycles. The molecule has 0 unspecified atom stereocenters. The second kappa shape index (κ2) is 13.1. The summed E-state index contributed by atoms with van der Waals surface area (Å²) in [6, 6.07) is 30.7. The number of aliphatic imine (C=N–C) groups is 1. The number of carbonyl (C=O) groups is 1. The third-order valence-electron chi connectivity index (χ3n) is 6.92. The van der Waals surface area contributed by atoms with Gasteiger partial charge in [-0.05, 0) is 59.2 Å². The molecule has 0 radical (unpaired) electrons. The van der Waals surface area contributed by atoms with Crippen LogP contribution in [0.4, 0.5) is 4.39 Å². The van der Waals surface area contributed by atoms with Crippen molar-refractivity contribution in [3.8, 4) is 5.75 Å². The van der Waals surface area contributed by atoms with Crippen LogP contribution in [-0.2, 0) is 22.5 Å². The Labute approximate surface area is 247 Å². The van der Waals surface area contributed by atoms with Crippen molar-refractivity contribution in [1.29, 1.82) is 0 Å². The molecule has 0 saturated carbocycles. The number of nitrogens with zero attached hydrogens (tertiary/aromatic N) is 1. The molecule has 4 aromatic rings. The first-order chi connectivity index (χ1) is 20.0. The topological polar surface area (TPSA) is 80.2 Å². The molecular weight excluding hydrogens is 587 g/mol. The van der Waals surface area contributed by atoms with Crippen LogP contribution in [-0.4, -0.2) is 35.7 Å². The zero-order chi connectivity index (χ0) is 28.7. The minimum absolute atomic E-state index is 0.0619. The molecular formula is C33H30BrFN2O4. The minimum atomic E-state index is -1.34. The summed E-state index contributed by atoms with van der Waals surface area (Å²) >= 11 is 3.64. The van der Waals surface area contributed by atoms with Gasteiger partial charge in [-0.25, -0.2) is 9.38 Å². The van der Waals surface area contributed by atoms with Crippen LogP contribution in [0.1, 0.15) is 34.8 Å². The van der Waals surface area contributed by atoms with Crippen LogP contribution in [0, 0.1) is 5.82 Å². The molecule has 0 fully saturated rings. The second-order valence-corrected chi connectivity index (χ2v) is 10.6. The molecule has 6 nitrogen and oxygen atoms in total. The van der Waals surface area contributed by atoms with Crippen LogP contribution < -0.4 is 10.1 Å². The second-order valence-electron chi connectivity index (χ2n) is 9.78. The quantitative estimate of drug-likeness (QED) is 0.198. The van der Waals surface area contributed by atoms with Crippen LogP contribution in [0.25, 0.3) is 0 Å². The average molecular weight is 618 g/mol. The van der Waals surface area contributed by atoms with Crippen molar-refractivity contribution in [2.24, 2.45) is 4.99 Å². The number of hydrogen-bond donors (Lipinski definition) is 2. The summed E-state index contributed by atoms with van der Waals surface area (Å²) in [5.41, 5.74) is 1.87. The van der Waals surface area contributed by atoms with Gasteiger partial charge in [0.15, 0.2) is 11.6 Å². The Morgan fingerprint density at radius 2 is 1.68 bits per heavy atom. The number of nitrogens with one attached hydrogen (secondary N) is 1. The summed E-state index contributed by atoms with van der Waals surface area (Å²) in [5.74, 6) is 0.380. The summed E-state index contributed by atoms with van der Waals surface area (Å²) in [4.78, 5) is 19.3. The van der Waals surface area contributed by atoms with E-state index in [1.165, 1.54) is 12.1 Å². The highest BCUT2D eigenvalue weighted by Gasteiger charge is 2.53. The standard InChI is InChI=1S/C33H30BrFN2O4/c34-29-10-5-4-9-26(29)21-33(32(39)36-22-23-11-15-27(35)16-12-23)30(24-7-2-1-3-8-24)41-31(37-33)25-13-17-28(18-14-25)40-20-6-19-38/h1-5,7-18,30,38H,6,19-22H2,(H,36,39)/t30-,33-/m1/s1. The van der Waals surface area contributed by atoms with Crippen molar-refractivity contribution in [2.75, 3.05) is 13.2 Å². The summed E-state index contributed by atoms with van der Waals surface area (Å²) in [6.07, 6.45) is 0.107. The highest BCUT2D eigenvalue weighted by atomic mass is 79.9. The molecule has 0 aromatic heterocycles. The molecule has 2 atom stereocenters. The van der Waals surface area contributed by atoms with Gasteiger partial charge in [0.1, 0.15) is 11.6 Å². The zero-order valence-electron chi connectivity index (χ0n) is 22.3. The smallest absolute Gasteiger partial charge is 0.252 e. The Kier molecular flexibility index (Phi) is 9.11. The van der Waals surface area contributed by atoms with E-state index in [0.717, 1.165) is 21.2 Å². The van der Waals surface area contributed by atoms with Crippen LogP contribution in [0.3, 0.4) is 0 Å². The number of amides is 1. The molecule has 210 valence electrons. The molecule has 1 aliphatic heterocycles. The van der Waals surface area contributed by atoms with E-state index in [0.29, 0.717) is 30.2 Å². The van der Waals surface area contributed by atoms with Crippen LogP contribution >= 0.6 is 15.9 Å². The Balaban J connectivity index is 1.54. The summed E-state index contributed by atoms with van der Waals surface area (Å²) < 4.78 is 26.6. The Morgan fingerprint density at radius 1 is 0.976 bits per heavy atom. The van der Waals surface area contributed by atoms with Gasteiger partial charge in [-0.2, -0.15) is 0 Å². The number of rotatable bonds is 11. The fraction of sp³-hybridized carbons (Fsp3) is 0.212. The maximum Gasteiger partial charge on any atom is 0.252 e. The lowest BCUT2D eigenvalue weighted by molar-refractivity contribution is -0.129. The molecule has 41 heavy (non-hydrogen) atoms.